The average molecular weight is 157 g/mol. The number of rotatable bonds is 1. The molecule has 3 heteroatoms. The van der Waals surface area contributed by atoms with Crippen molar-refractivity contribution in [3.8, 4) is 0 Å². The van der Waals surface area contributed by atoms with Crippen LogP contribution < -0.4 is 5.32 Å². The van der Waals surface area contributed by atoms with Crippen molar-refractivity contribution in [2.75, 3.05) is 19.8 Å². The Hall–Kier alpha value is -0.120. The predicted molar refractivity (Wildman–Crippen MR) is 41.3 cm³/mol. The molecule has 0 radical (unpaired) electrons. The molecule has 0 unspecified atom stereocenters. The molecule has 11 heavy (non-hydrogen) atoms. The molecule has 0 amide bonds. The number of ether oxygens (including phenoxy) is 1. The van der Waals surface area contributed by atoms with Crippen molar-refractivity contribution in [1.82, 2.24) is 5.32 Å². The highest BCUT2D eigenvalue weighted by Gasteiger charge is 2.35. The van der Waals surface area contributed by atoms with E-state index in [1.54, 1.807) is 0 Å². The molecule has 1 heterocycles. The molecule has 0 bridgehead atoms. The second kappa shape index (κ2) is 3.09. The monoisotopic (exact) mass is 157 g/mol. The second-order valence-electron chi connectivity index (χ2n) is 3.49. The summed E-state index contributed by atoms with van der Waals surface area (Å²) in [5.41, 5.74) is 0. The van der Waals surface area contributed by atoms with E-state index in [9.17, 15) is 0 Å². The third-order valence-corrected chi connectivity index (χ3v) is 2.70. The highest BCUT2D eigenvalue weighted by atomic mass is 16.5. The molecule has 2 N–H and O–H groups in total. The van der Waals surface area contributed by atoms with E-state index in [4.69, 9.17) is 9.84 Å². The van der Waals surface area contributed by atoms with Crippen LogP contribution >= 0.6 is 0 Å². The first-order valence-electron chi connectivity index (χ1n) is 4.36. The topological polar surface area (TPSA) is 41.5 Å². The van der Waals surface area contributed by atoms with Crippen LogP contribution in [0.2, 0.25) is 0 Å². The fraction of sp³-hybridized carbons (Fsp3) is 1.00. The summed E-state index contributed by atoms with van der Waals surface area (Å²) in [6.45, 7) is 2.12. The number of hydrogen-bond acceptors (Lipinski definition) is 3. The van der Waals surface area contributed by atoms with E-state index in [1.165, 1.54) is 0 Å². The van der Waals surface area contributed by atoms with Gasteiger partial charge in [0.25, 0.3) is 0 Å². The van der Waals surface area contributed by atoms with Crippen molar-refractivity contribution in [3.05, 3.63) is 0 Å². The molecular formula is C8H15NO2. The quantitative estimate of drug-likeness (QED) is 0.551. The molecule has 2 rings (SSSR count). The van der Waals surface area contributed by atoms with Crippen LogP contribution in [0.5, 0.6) is 0 Å². The fourth-order valence-corrected chi connectivity index (χ4v) is 2.10. The Morgan fingerprint density at radius 3 is 3.09 bits per heavy atom. The normalized spacial score (nSPS) is 43.9. The Bertz CT molecular complexity index is 126. The van der Waals surface area contributed by atoms with Gasteiger partial charge in [0, 0.05) is 19.2 Å². The summed E-state index contributed by atoms with van der Waals surface area (Å²) in [5.74, 6) is 0.468. The molecule has 2 fully saturated rings. The number of morpholine rings is 1. The van der Waals surface area contributed by atoms with Gasteiger partial charge in [-0.1, -0.05) is 0 Å². The standard InChI is InChI=1S/C8H15NO2/c10-5-6-3-7-8(4-6)11-2-1-9-7/h6-10H,1-5H2/t6-,7+,8-/m1/s1. The summed E-state index contributed by atoms with van der Waals surface area (Å²) in [5, 5.41) is 12.3. The van der Waals surface area contributed by atoms with Crippen molar-refractivity contribution in [2.45, 2.75) is 25.0 Å². The van der Waals surface area contributed by atoms with Crippen LogP contribution in [-0.2, 0) is 4.74 Å². The van der Waals surface area contributed by atoms with Gasteiger partial charge in [0.1, 0.15) is 0 Å². The van der Waals surface area contributed by atoms with Gasteiger partial charge in [-0.2, -0.15) is 0 Å². The van der Waals surface area contributed by atoms with Gasteiger partial charge in [-0.3, -0.25) is 0 Å². The molecule has 0 aromatic heterocycles. The Labute approximate surface area is 66.7 Å². The van der Waals surface area contributed by atoms with Crippen LogP contribution in [0.25, 0.3) is 0 Å². The average Bonchev–Trinajstić information content (AvgIpc) is 2.46. The molecule has 3 atom stereocenters. The van der Waals surface area contributed by atoms with Gasteiger partial charge in [-0.25, -0.2) is 0 Å². The Morgan fingerprint density at radius 2 is 2.36 bits per heavy atom. The zero-order chi connectivity index (χ0) is 7.68. The van der Waals surface area contributed by atoms with Gasteiger partial charge in [-0.05, 0) is 18.8 Å². The van der Waals surface area contributed by atoms with E-state index in [0.717, 1.165) is 26.0 Å². The summed E-state index contributed by atoms with van der Waals surface area (Å²) in [7, 11) is 0. The van der Waals surface area contributed by atoms with Gasteiger partial charge in [0.15, 0.2) is 0 Å². The number of aliphatic hydroxyl groups excluding tert-OH is 1. The number of fused-ring (bicyclic) bond motifs is 1. The summed E-state index contributed by atoms with van der Waals surface area (Å²) in [4.78, 5) is 0. The van der Waals surface area contributed by atoms with E-state index in [1.807, 2.05) is 0 Å². The first-order chi connectivity index (χ1) is 5.40. The minimum atomic E-state index is 0.318. The van der Waals surface area contributed by atoms with Gasteiger partial charge < -0.3 is 15.2 Å². The third kappa shape index (κ3) is 1.41. The Morgan fingerprint density at radius 1 is 1.45 bits per heavy atom. The summed E-state index contributed by atoms with van der Waals surface area (Å²) in [6.07, 6.45) is 2.50. The van der Waals surface area contributed by atoms with Crippen LogP contribution in [0, 0.1) is 5.92 Å². The molecule has 0 aromatic carbocycles. The van der Waals surface area contributed by atoms with Crippen LogP contribution in [0.3, 0.4) is 0 Å². The number of hydrogen-bond donors (Lipinski definition) is 2. The van der Waals surface area contributed by atoms with E-state index in [0.29, 0.717) is 24.7 Å². The fourth-order valence-electron chi connectivity index (χ4n) is 2.10. The van der Waals surface area contributed by atoms with Crippen molar-refractivity contribution < 1.29 is 9.84 Å². The molecule has 64 valence electrons. The Kier molecular flexibility index (Phi) is 2.11. The lowest BCUT2D eigenvalue weighted by Crippen LogP contribution is -2.44. The zero-order valence-corrected chi connectivity index (χ0v) is 6.62. The third-order valence-electron chi connectivity index (χ3n) is 2.70. The summed E-state index contributed by atoms with van der Waals surface area (Å²) in [6, 6.07) is 0.515. The molecule has 2 aliphatic rings. The van der Waals surface area contributed by atoms with E-state index in [2.05, 4.69) is 5.32 Å². The largest absolute Gasteiger partial charge is 0.396 e. The van der Waals surface area contributed by atoms with Crippen molar-refractivity contribution >= 4 is 0 Å². The lowest BCUT2D eigenvalue weighted by Gasteiger charge is -2.26. The van der Waals surface area contributed by atoms with Crippen LogP contribution in [0.15, 0.2) is 0 Å². The molecule has 1 saturated carbocycles. The van der Waals surface area contributed by atoms with E-state index < -0.39 is 0 Å². The van der Waals surface area contributed by atoms with Gasteiger partial charge in [-0.15, -0.1) is 0 Å². The van der Waals surface area contributed by atoms with E-state index >= 15 is 0 Å². The lowest BCUT2D eigenvalue weighted by atomic mass is 10.1. The number of nitrogens with one attached hydrogen (secondary N) is 1. The molecular weight excluding hydrogens is 142 g/mol. The molecule has 1 aliphatic carbocycles. The second-order valence-corrected chi connectivity index (χ2v) is 3.49. The SMILES string of the molecule is OC[C@@H]1C[C@@H]2NCCO[C@@H]2C1. The lowest BCUT2D eigenvalue weighted by molar-refractivity contribution is 0.00948. The summed E-state index contributed by atoms with van der Waals surface area (Å²) >= 11 is 0. The smallest absolute Gasteiger partial charge is 0.0732 e. The van der Waals surface area contributed by atoms with Crippen LogP contribution in [0.1, 0.15) is 12.8 Å². The molecule has 0 spiro atoms. The first kappa shape index (κ1) is 7.53. The van der Waals surface area contributed by atoms with Gasteiger partial charge in [0.05, 0.1) is 12.7 Å². The summed E-state index contributed by atoms with van der Waals surface area (Å²) < 4.78 is 5.56. The predicted octanol–water partition coefficient (Wildman–Crippen LogP) is -0.254. The molecule has 1 saturated heterocycles. The van der Waals surface area contributed by atoms with Crippen molar-refractivity contribution in [3.63, 3.8) is 0 Å². The minimum Gasteiger partial charge on any atom is -0.396 e. The molecule has 1 aliphatic heterocycles. The van der Waals surface area contributed by atoms with Crippen LogP contribution in [0.4, 0.5) is 0 Å². The van der Waals surface area contributed by atoms with Crippen LogP contribution in [-0.4, -0.2) is 37.0 Å². The first-order valence-corrected chi connectivity index (χ1v) is 4.36. The van der Waals surface area contributed by atoms with Gasteiger partial charge >= 0.3 is 0 Å². The highest BCUT2D eigenvalue weighted by molar-refractivity contribution is 4.91. The van der Waals surface area contributed by atoms with Crippen molar-refractivity contribution in [2.24, 2.45) is 5.92 Å². The van der Waals surface area contributed by atoms with E-state index in [-0.39, 0.29) is 0 Å². The highest BCUT2D eigenvalue weighted by Crippen LogP contribution is 2.29. The minimum absolute atomic E-state index is 0.318. The maximum absolute atomic E-state index is 8.93. The Balaban J connectivity index is 1.92. The zero-order valence-electron chi connectivity index (χ0n) is 6.62. The molecule has 0 aromatic rings. The maximum Gasteiger partial charge on any atom is 0.0732 e. The molecule has 3 nitrogen and oxygen atoms in total. The van der Waals surface area contributed by atoms with Gasteiger partial charge in [0.2, 0.25) is 0 Å². The maximum atomic E-state index is 8.93. The number of aliphatic hydroxyl groups is 1. The van der Waals surface area contributed by atoms with Crippen molar-refractivity contribution in [1.29, 1.82) is 0 Å².